The lowest BCUT2D eigenvalue weighted by molar-refractivity contribution is -0.126. The molecule has 0 aliphatic heterocycles. The van der Waals surface area contributed by atoms with Crippen LogP contribution < -0.4 is 5.32 Å². The SMILES string of the molecule is CNC(=O)C(CCC=O)N(C)Cc1c(C#CCCCCC=O)cccc1C=O. The Balaban J connectivity index is 3.01. The number of benzene rings is 1. The van der Waals surface area contributed by atoms with Crippen LogP contribution in [0.1, 0.15) is 60.0 Å². The van der Waals surface area contributed by atoms with Crippen molar-refractivity contribution in [1.29, 1.82) is 0 Å². The van der Waals surface area contributed by atoms with Crippen LogP contribution in [0.25, 0.3) is 0 Å². The van der Waals surface area contributed by atoms with Crippen LogP contribution in [0, 0.1) is 11.8 Å². The molecule has 6 heteroatoms. The van der Waals surface area contributed by atoms with Crippen molar-refractivity contribution < 1.29 is 19.2 Å². The number of rotatable bonds is 12. The highest BCUT2D eigenvalue weighted by atomic mass is 16.2. The van der Waals surface area contributed by atoms with Gasteiger partial charge in [0.25, 0.3) is 0 Å². The third kappa shape index (κ3) is 7.45. The van der Waals surface area contributed by atoms with Crippen LogP contribution in [0.2, 0.25) is 0 Å². The van der Waals surface area contributed by atoms with Gasteiger partial charge in [-0.25, -0.2) is 0 Å². The zero-order chi connectivity index (χ0) is 20.8. The summed E-state index contributed by atoms with van der Waals surface area (Å²) in [5.41, 5.74) is 2.05. The third-order valence-electron chi connectivity index (χ3n) is 4.48. The van der Waals surface area contributed by atoms with Gasteiger partial charge in [-0.2, -0.15) is 0 Å². The standard InChI is InChI=1S/C22H28N2O4/c1-23-22(28)21(13-9-15-26)24(2)16-20-18(11-8-12-19(20)17-27)10-6-4-3-5-7-14-25/h8,11-12,14-15,17,21H,3-5,7,9,13,16H2,1-2H3,(H,23,28). The molecule has 0 saturated carbocycles. The number of nitrogens with one attached hydrogen (secondary N) is 1. The lowest BCUT2D eigenvalue weighted by Crippen LogP contribution is -2.43. The number of carbonyl (C=O) groups is 4. The molecule has 0 radical (unpaired) electrons. The zero-order valence-electron chi connectivity index (χ0n) is 16.6. The predicted molar refractivity (Wildman–Crippen MR) is 108 cm³/mol. The summed E-state index contributed by atoms with van der Waals surface area (Å²) in [6.07, 6.45) is 6.05. The molecule has 1 aromatic rings. The number of hydrogen-bond acceptors (Lipinski definition) is 5. The molecule has 150 valence electrons. The highest BCUT2D eigenvalue weighted by Gasteiger charge is 2.23. The first kappa shape index (κ1) is 23.3. The molecule has 0 aliphatic rings. The number of unbranched alkanes of at least 4 members (excludes halogenated alkanes) is 3. The molecular formula is C22H28N2O4. The molecule has 6 nitrogen and oxygen atoms in total. The highest BCUT2D eigenvalue weighted by molar-refractivity contribution is 5.82. The highest BCUT2D eigenvalue weighted by Crippen LogP contribution is 2.18. The number of hydrogen-bond donors (Lipinski definition) is 1. The van der Waals surface area contributed by atoms with Crippen molar-refractivity contribution >= 4 is 24.8 Å². The molecular weight excluding hydrogens is 356 g/mol. The summed E-state index contributed by atoms with van der Waals surface area (Å²) < 4.78 is 0. The van der Waals surface area contributed by atoms with Crippen molar-refractivity contribution in [3.63, 3.8) is 0 Å². The van der Waals surface area contributed by atoms with Crippen molar-refractivity contribution in [3.8, 4) is 11.8 Å². The summed E-state index contributed by atoms with van der Waals surface area (Å²) >= 11 is 0. The van der Waals surface area contributed by atoms with Gasteiger partial charge >= 0.3 is 0 Å². The molecule has 0 bridgehead atoms. The van der Waals surface area contributed by atoms with Crippen LogP contribution >= 0.6 is 0 Å². The van der Waals surface area contributed by atoms with E-state index in [2.05, 4.69) is 17.2 Å². The molecule has 0 fully saturated rings. The van der Waals surface area contributed by atoms with E-state index in [4.69, 9.17) is 0 Å². The maximum Gasteiger partial charge on any atom is 0.237 e. The van der Waals surface area contributed by atoms with Crippen LogP contribution in [-0.4, -0.2) is 49.8 Å². The van der Waals surface area contributed by atoms with E-state index in [1.165, 1.54) is 0 Å². The summed E-state index contributed by atoms with van der Waals surface area (Å²) in [6.45, 7) is 0.362. The van der Waals surface area contributed by atoms with E-state index in [9.17, 15) is 19.2 Å². The molecule has 1 aromatic carbocycles. The molecule has 1 rings (SSSR count). The van der Waals surface area contributed by atoms with Crippen LogP contribution in [0.5, 0.6) is 0 Å². The van der Waals surface area contributed by atoms with Crippen LogP contribution in [0.15, 0.2) is 18.2 Å². The molecule has 0 saturated heterocycles. The Kier molecular flexibility index (Phi) is 11.1. The van der Waals surface area contributed by atoms with E-state index in [-0.39, 0.29) is 12.3 Å². The Hall–Kier alpha value is -2.78. The first-order chi connectivity index (χ1) is 13.6. The first-order valence-corrected chi connectivity index (χ1v) is 9.44. The maximum absolute atomic E-state index is 12.2. The summed E-state index contributed by atoms with van der Waals surface area (Å²) in [7, 11) is 3.36. The minimum Gasteiger partial charge on any atom is -0.358 e. The second-order valence-corrected chi connectivity index (χ2v) is 6.49. The smallest absolute Gasteiger partial charge is 0.237 e. The molecule has 0 aliphatic carbocycles. The van der Waals surface area contributed by atoms with E-state index >= 15 is 0 Å². The van der Waals surface area contributed by atoms with Gasteiger partial charge in [0.2, 0.25) is 5.91 Å². The van der Waals surface area contributed by atoms with Crippen molar-refractivity contribution in [2.75, 3.05) is 14.1 Å². The van der Waals surface area contributed by atoms with E-state index in [1.54, 1.807) is 26.2 Å². The van der Waals surface area contributed by atoms with Gasteiger partial charge in [-0.15, -0.1) is 0 Å². The number of aldehydes is 3. The van der Waals surface area contributed by atoms with Gasteiger partial charge in [0.15, 0.2) is 0 Å². The van der Waals surface area contributed by atoms with Crippen molar-refractivity contribution in [3.05, 3.63) is 34.9 Å². The molecule has 0 aromatic heterocycles. The van der Waals surface area contributed by atoms with Gasteiger partial charge in [0.05, 0.1) is 6.04 Å². The average molecular weight is 384 g/mol. The number of carbonyl (C=O) groups excluding carboxylic acids is 4. The lowest BCUT2D eigenvalue weighted by Gasteiger charge is -2.27. The van der Waals surface area contributed by atoms with Gasteiger partial charge in [-0.3, -0.25) is 14.5 Å². The minimum absolute atomic E-state index is 0.171. The monoisotopic (exact) mass is 384 g/mol. The van der Waals surface area contributed by atoms with Crippen LogP contribution in [0.3, 0.4) is 0 Å². The van der Waals surface area contributed by atoms with Gasteiger partial charge < -0.3 is 14.9 Å². The van der Waals surface area contributed by atoms with Gasteiger partial charge in [-0.1, -0.05) is 24.0 Å². The Morgan fingerprint density at radius 3 is 2.57 bits per heavy atom. The third-order valence-corrected chi connectivity index (χ3v) is 4.48. The number of nitrogens with zero attached hydrogens (tertiary/aromatic N) is 1. The number of amides is 1. The largest absolute Gasteiger partial charge is 0.358 e. The Morgan fingerprint density at radius 1 is 1.18 bits per heavy atom. The maximum atomic E-state index is 12.2. The van der Waals surface area contributed by atoms with E-state index < -0.39 is 6.04 Å². The van der Waals surface area contributed by atoms with Gasteiger partial charge in [0, 0.05) is 44.0 Å². The second-order valence-electron chi connectivity index (χ2n) is 6.49. The van der Waals surface area contributed by atoms with Crippen LogP contribution in [0.4, 0.5) is 0 Å². The van der Waals surface area contributed by atoms with E-state index in [0.717, 1.165) is 42.8 Å². The average Bonchev–Trinajstić information content (AvgIpc) is 2.71. The van der Waals surface area contributed by atoms with Crippen LogP contribution in [-0.2, 0) is 20.9 Å². The minimum atomic E-state index is -0.473. The van der Waals surface area contributed by atoms with E-state index in [0.29, 0.717) is 31.4 Å². The molecule has 1 atom stereocenters. The molecule has 28 heavy (non-hydrogen) atoms. The molecule has 1 N–H and O–H groups in total. The molecule has 0 heterocycles. The fourth-order valence-corrected chi connectivity index (χ4v) is 2.91. The first-order valence-electron chi connectivity index (χ1n) is 9.44. The van der Waals surface area contributed by atoms with Crippen molar-refractivity contribution in [2.45, 2.75) is 51.1 Å². The Morgan fingerprint density at radius 2 is 1.93 bits per heavy atom. The fraction of sp³-hybridized carbons (Fsp3) is 0.455. The quantitative estimate of drug-likeness (QED) is 0.339. The van der Waals surface area contributed by atoms with Gasteiger partial charge in [-0.05, 0) is 37.9 Å². The molecule has 1 amide bonds. The topological polar surface area (TPSA) is 83.6 Å². The molecule has 0 spiro atoms. The number of likely N-dealkylation sites (N-methyl/N-ethyl adjacent to an activating group) is 2. The lowest BCUT2D eigenvalue weighted by atomic mass is 9.99. The normalized spacial score (nSPS) is 11.2. The van der Waals surface area contributed by atoms with E-state index in [1.807, 2.05) is 11.0 Å². The van der Waals surface area contributed by atoms with Gasteiger partial charge in [0.1, 0.15) is 18.9 Å². The zero-order valence-corrected chi connectivity index (χ0v) is 16.6. The summed E-state index contributed by atoms with van der Waals surface area (Å²) in [6, 6.07) is 4.89. The Labute approximate surface area is 166 Å². The predicted octanol–water partition coefficient (Wildman–Crippen LogP) is 2.14. The fourth-order valence-electron chi connectivity index (χ4n) is 2.91. The Bertz CT molecular complexity index is 734. The second kappa shape index (κ2) is 13.4. The summed E-state index contributed by atoms with van der Waals surface area (Å²) in [5, 5.41) is 2.62. The van der Waals surface area contributed by atoms with Crippen molar-refractivity contribution in [1.82, 2.24) is 10.2 Å². The summed E-state index contributed by atoms with van der Waals surface area (Å²) in [4.78, 5) is 46.6. The van der Waals surface area contributed by atoms with Crippen molar-refractivity contribution in [2.24, 2.45) is 0 Å². The molecule has 1 unspecified atom stereocenters. The summed E-state index contributed by atoms with van der Waals surface area (Å²) in [5.74, 6) is 6.04.